The zero-order valence-electron chi connectivity index (χ0n) is 14.2. The van der Waals surface area contributed by atoms with Gasteiger partial charge in [-0.1, -0.05) is 6.07 Å². The van der Waals surface area contributed by atoms with Gasteiger partial charge in [0.25, 0.3) is 0 Å². The molecular formula is C17H22F2N4O. The number of nitrogens with zero attached hydrogens (tertiary/aromatic N) is 4. The number of hydrogen-bond donors (Lipinski definition) is 0. The maximum absolute atomic E-state index is 14.0. The Morgan fingerprint density at radius 2 is 1.62 bits per heavy atom. The fourth-order valence-electron chi connectivity index (χ4n) is 3.19. The Hall–Kier alpha value is -1.86. The predicted octanol–water partition coefficient (Wildman–Crippen LogP) is 3.10. The highest BCUT2D eigenvalue weighted by molar-refractivity contribution is 5.22. The van der Waals surface area contributed by atoms with Crippen LogP contribution in [-0.4, -0.2) is 46.2 Å². The molecule has 0 amide bonds. The molecule has 0 bridgehead atoms. The molecule has 1 aromatic heterocycles. The topological polar surface area (TPSA) is 45.4 Å². The lowest BCUT2D eigenvalue weighted by Gasteiger charge is -2.39. The van der Waals surface area contributed by atoms with Crippen LogP contribution in [0.4, 0.5) is 8.78 Å². The highest BCUT2D eigenvalue weighted by Crippen LogP contribution is 2.27. The van der Waals surface area contributed by atoms with E-state index in [0.29, 0.717) is 17.3 Å². The Morgan fingerprint density at radius 3 is 2.17 bits per heavy atom. The van der Waals surface area contributed by atoms with Gasteiger partial charge in [-0.3, -0.25) is 9.80 Å². The summed E-state index contributed by atoms with van der Waals surface area (Å²) in [6.07, 6.45) is 0. The van der Waals surface area contributed by atoms with Gasteiger partial charge in [-0.15, -0.1) is 10.2 Å². The van der Waals surface area contributed by atoms with E-state index in [1.54, 1.807) is 6.92 Å². The van der Waals surface area contributed by atoms with Gasteiger partial charge in [0.2, 0.25) is 11.8 Å². The largest absolute Gasteiger partial charge is 0.424 e. The SMILES string of the molecule is Cc1nnc([C@H](C)N2CCN([C@@H](C)c3ccc(F)cc3F)CC2)o1. The first kappa shape index (κ1) is 17.0. The van der Waals surface area contributed by atoms with E-state index in [2.05, 4.69) is 20.0 Å². The molecule has 1 saturated heterocycles. The Kier molecular flexibility index (Phi) is 4.91. The standard InChI is InChI=1S/C17H22F2N4O/c1-11(15-5-4-14(18)10-16(15)19)22-6-8-23(9-7-22)12(2)17-21-20-13(3)24-17/h4-5,10-12H,6-9H2,1-3H3/t11-,12-/m0/s1. The van der Waals surface area contributed by atoms with E-state index in [4.69, 9.17) is 4.42 Å². The zero-order valence-corrected chi connectivity index (χ0v) is 14.2. The van der Waals surface area contributed by atoms with Crippen molar-refractivity contribution in [1.82, 2.24) is 20.0 Å². The fourth-order valence-corrected chi connectivity index (χ4v) is 3.19. The number of rotatable bonds is 4. The van der Waals surface area contributed by atoms with Gasteiger partial charge in [-0.25, -0.2) is 8.78 Å². The minimum atomic E-state index is -0.544. The van der Waals surface area contributed by atoms with Crippen molar-refractivity contribution in [2.24, 2.45) is 0 Å². The minimum absolute atomic E-state index is 0.0613. The summed E-state index contributed by atoms with van der Waals surface area (Å²) in [7, 11) is 0. The summed E-state index contributed by atoms with van der Waals surface area (Å²) in [5.74, 6) is 0.158. The second-order valence-electron chi connectivity index (χ2n) is 6.25. The van der Waals surface area contributed by atoms with Gasteiger partial charge in [-0.05, 0) is 19.9 Å². The maximum atomic E-state index is 14.0. The minimum Gasteiger partial charge on any atom is -0.424 e. The summed E-state index contributed by atoms with van der Waals surface area (Å²) >= 11 is 0. The molecule has 3 rings (SSSR count). The first-order valence-corrected chi connectivity index (χ1v) is 8.18. The lowest BCUT2D eigenvalue weighted by Crippen LogP contribution is -2.47. The van der Waals surface area contributed by atoms with Crippen LogP contribution in [0.5, 0.6) is 0 Å². The average molecular weight is 336 g/mol. The third-order valence-electron chi connectivity index (χ3n) is 4.76. The molecule has 1 aliphatic rings. The van der Waals surface area contributed by atoms with Crippen molar-refractivity contribution in [3.63, 3.8) is 0 Å². The van der Waals surface area contributed by atoms with Crippen molar-refractivity contribution in [3.8, 4) is 0 Å². The van der Waals surface area contributed by atoms with E-state index < -0.39 is 11.6 Å². The normalized spacial score (nSPS) is 19.4. The fraction of sp³-hybridized carbons (Fsp3) is 0.529. The number of hydrogen-bond acceptors (Lipinski definition) is 5. The Labute approximate surface area is 140 Å². The molecule has 2 atom stereocenters. The van der Waals surface area contributed by atoms with E-state index in [1.807, 2.05) is 13.8 Å². The van der Waals surface area contributed by atoms with E-state index in [1.165, 1.54) is 12.1 Å². The van der Waals surface area contributed by atoms with Crippen molar-refractivity contribution in [3.05, 3.63) is 47.2 Å². The van der Waals surface area contributed by atoms with Gasteiger partial charge in [0.15, 0.2) is 0 Å². The van der Waals surface area contributed by atoms with Crippen LogP contribution in [0.15, 0.2) is 22.6 Å². The van der Waals surface area contributed by atoms with Gasteiger partial charge in [0, 0.05) is 50.8 Å². The van der Waals surface area contributed by atoms with Gasteiger partial charge in [0.05, 0.1) is 6.04 Å². The van der Waals surface area contributed by atoms with Crippen molar-refractivity contribution in [2.45, 2.75) is 32.9 Å². The smallest absolute Gasteiger partial charge is 0.233 e. The zero-order chi connectivity index (χ0) is 17.3. The van der Waals surface area contributed by atoms with Gasteiger partial charge in [0.1, 0.15) is 11.6 Å². The molecule has 0 unspecified atom stereocenters. The Balaban J connectivity index is 1.62. The second-order valence-corrected chi connectivity index (χ2v) is 6.25. The van der Waals surface area contributed by atoms with Crippen LogP contribution in [0.1, 0.15) is 43.3 Å². The maximum Gasteiger partial charge on any atom is 0.233 e. The molecule has 0 spiro atoms. The van der Waals surface area contributed by atoms with Crippen LogP contribution in [-0.2, 0) is 0 Å². The number of aryl methyl sites for hydroxylation is 1. The molecule has 130 valence electrons. The highest BCUT2D eigenvalue weighted by Gasteiger charge is 2.28. The number of piperazine rings is 1. The van der Waals surface area contributed by atoms with Crippen LogP contribution in [0.25, 0.3) is 0 Å². The Morgan fingerprint density at radius 1 is 1.00 bits per heavy atom. The van der Waals surface area contributed by atoms with Crippen LogP contribution in [0.2, 0.25) is 0 Å². The van der Waals surface area contributed by atoms with E-state index in [9.17, 15) is 8.78 Å². The molecule has 2 aromatic rings. The summed E-state index contributed by atoms with van der Waals surface area (Å²) in [5.41, 5.74) is 0.533. The summed E-state index contributed by atoms with van der Waals surface area (Å²) in [6.45, 7) is 9.04. The molecule has 0 aliphatic carbocycles. The van der Waals surface area contributed by atoms with Crippen molar-refractivity contribution >= 4 is 0 Å². The van der Waals surface area contributed by atoms with Crippen molar-refractivity contribution in [1.29, 1.82) is 0 Å². The second kappa shape index (κ2) is 6.94. The first-order valence-electron chi connectivity index (χ1n) is 8.18. The molecule has 5 nitrogen and oxygen atoms in total. The third kappa shape index (κ3) is 3.47. The first-order chi connectivity index (χ1) is 11.5. The third-order valence-corrected chi connectivity index (χ3v) is 4.76. The lowest BCUT2D eigenvalue weighted by molar-refractivity contribution is 0.0687. The quantitative estimate of drug-likeness (QED) is 0.858. The van der Waals surface area contributed by atoms with E-state index >= 15 is 0 Å². The number of halogens is 2. The monoisotopic (exact) mass is 336 g/mol. The van der Waals surface area contributed by atoms with Crippen LogP contribution >= 0.6 is 0 Å². The molecule has 24 heavy (non-hydrogen) atoms. The molecule has 0 N–H and O–H groups in total. The molecule has 0 saturated carbocycles. The number of benzene rings is 1. The Bertz CT molecular complexity index is 698. The van der Waals surface area contributed by atoms with Gasteiger partial charge < -0.3 is 4.42 Å². The lowest BCUT2D eigenvalue weighted by atomic mass is 10.0. The molecular weight excluding hydrogens is 314 g/mol. The molecule has 0 radical (unpaired) electrons. The van der Waals surface area contributed by atoms with Crippen LogP contribution < -0.4 is 0 Å². The number of aromatic nitrogens is 2. The van der Waals surface area contributed by atoms with Crippen molar-refractivity contribution in [2.75, 3.05) is 26.2 Å². The molecule has 1 aliphatic heterocycles. The van der Waals surface area contributed by atoms with Crippen LogP contribution in [0, 0.1) is 18.6 Å². The molecule has 1 aromatic carbocycles. The summed E-state index contributed by atoms with van der Waals surface area (Å²) < 4.78 is 32.6. The summed E-state index contributed by atoms with van der Waals surface area (Å²) in [5, 5.41) is 7.96. The molecule has 7 heteroatoms. The summed E-state index contributed by atoms with van der Waals surface area (Å²) in [6, 6.07) is 3.76. The highest BCUT2D eigenvalue weighted by atomic mass is 19.1. The van der Waals surface area contributed by atoms with E-state index in [-0.39, 0.29) is 12.1 Å². The average Bonchev–Trinajstić information content (AvgIpc) is 3.00. The van der Waals surface area contributed by atoms with E-state index in [0.717, 1.165) is 32.2 Å². The molecule has 1 fully saturated rings. The van der Waals surface area contributed by atoms with Gasteiger partial charge in [-0.2, -0.15) is 0 Å². The summed E-state index contributed by atoms with van der Waals surface area (Å²) in [4.78, 5) is 4.48. The van der Waals surface area contributed by atoms with Crippen molar-refractivity contribution < 1.29 is 13.2 Å². The predicted molar refractivity (Wildman–Crippen MR) is 85.4 cm³/mol. The van der Waals surface area contributed by atoms with Gasteiger partial charge >= 0.3 is 0 Å². The molecule has 2 heterocycles. The van der Waals surface area contributed by atoms with Crippen LogP contribution in [0.3, 0.4) is 0 Å².